The molecule has 0 aliphatic carbocycles. The van der Waals surface area contributed by atoms with Gasteiger partial charge in [-0.05, 0) is 29.8 Å². The lowest BCUT2D eigenvalue weighted by atomic mass is 10.2. The van der Waals surface area contributed by atoms with Gasteiger partial charge in [-0.25, -0.2) is 13.1 Å². The van der Waals surface area contributed by atoms with Crippen LogP contribution in [0.3, 0.4) is 0 Å². The monoisotopic (exact) mass is 325 g/mol. The molecule has 0 radical (unpaired) electrons. The third kappa shape index (κ3) is 5.13. The van der Waals surface area contributed by atoms with E-state index < -0.39 is 10.0 Å². The summed E-state index contributed by atoms with van der Waals surface area (Å²) in [5, 5.41) is 0.675. The van der Waals surface area contributed by atoms with Crippen molar-refractivity contribution in [3.8, 4) is 0 Å². The van der Waals surface area contributed by atoms with Crippen molar-refractivity contribution in [3.63, 3.8) is 0 Å². The molecule has 0 atom stereocenters. The van der Waals surface area contributed by atoms with Crippen LogP contribution in [0.4, 0.5) is 0 Å². The summed E-state index contributed by atoms with van der Waals surface area (Å²) in [5.41, 5.74) is 0.991. The molecule has 0 spiro atoms. The Morgan fingerprint density at radius 1 is 1.00 bits per heavy atom. The van der Waals surface area contributed by atoms with Gasteiger partial charge in [0, 0.05) is 11.6 Å². The molecule has 0 fully saturated rings. The van der Waals surface area contributed by atoms with Crippen molar-refractivity contribution in [1.82, 2.24) is 4.72 Å². The number of rotatable bonds is 7. The van der Waals surface area contributed by atoms with Gasteiger partial charge in [-0.3, -0.25) is 0 Å². The lowest BCUT2D eigenvalue weighted by Crippen LogP contribution is -2.27. The molecular formula is C15H16ClNO3S. The number of nitrogens with one attached hydrogen (secondary N) is 1. The van der Waals surface area contributed by atoms with Gasteiger partial charge in [0.25, 0.3) is 0 Å². The quantitative estimate of drug-likeness (QED) is 0.796. The van der Waals surface area contributed by atoms with Crippen LogP contribution in [-0.4, -0.2) is 21.6 Å². The molecule has 2 rings (SSSR count). The SMILES string of the molecule is O=S(=O)(NCCOCc1ccc(Cl)cc1)c1ccccc1. The van der Waals surface area contributed by atoms with Crippen molar-refractivity contribution in [3.05, 3.63) is 65.2 Å². The van der Waals surface area contributed by atoms with Crippen molar-refractivity contribution in [2.75, 3.05) is 13.2 Å². The van der Waals surface area contributed by atoms with E-state index in [1.54, 1.807) is 42.5 Å². The van der Waals surface area contributed by atoms with Crippen LogP contribution in [0, 0.1) is 0 Å². The third-order valence-corrected chi connectivity index (χ3v) is 4.50. The topological polar surface area (TPSA) is 55.4 Å². The number of halogens is 1. The summed E-state index contributed by atoms with van der Waals surface area (Å²) in [7, 11) is -3.46. The van der Waals surface area contributed by atoms with Gasteiger partial charge >= 0.3 is 0 Å². The molecule has 0 saturated carbocycles. The predicted molar refractivity (Wildman–Crippen MR) is 82.7 cm³/mol. The number of benzene rings is 2. The summed E-state index contributed by atoms with van der Waals surface area (Å²) in [5.74, 6) is 0. The summed E-state index contributed by atoms with van der Waals surface area (Å²) < 4.78 is 31.8. The van der Waals surface area contributed by atoms with Crippen LogP contribution in [-0.2, 0) is 21.4 Å². The summed E-state index contributed by atoms with van der Waals surface area (Å²) in [4.78, 5) is 0.253. The normalized spacial score (nSPS) is 11.5. The number of ether oxygens (including phenoxy) is 1. The lowest BCUT2D eigenvalue weighted by Gasteiger charge is -2.07. The first kappa shape index (κ1) is 16.0. The van der Waals surface area contributed by atoms with E-state index in [1.807, 2.05) is 12.1 Å². The molecule has 0 aliphatic heterocycles. The minimum atomic E-state index is -3.46. The summed E-state index contributed by atoms with van der Waals surface area (Å²) in [6, 6.07) is 15.6. The molecule has 0 aliphatic rings. The first-order valence-electron chi connectivity index (χ1n) is 6.45. The van der Waals surface area contributed by atoms with E-state index in [0.29, 0.717) is 18.2 Å². The molecule has 0 aromatic heterocycles. The van der Waals surface area contributed by atoms with Crippen LogP contribution in [0.2, 0.25) is 5.02 Å². The second-order valence-electron chi connectivity index (χ2n) is 4.39. The molecule has 2 aromatic carbocycles. The molecule has 0 bridgehead atoms. The van der Waals surface area contributed by atoms with Crippen molar-refractivity contribution in [1.29, 1.82) is 0 Å². The lowest BCUT2D eigenvalue weighted by molar-refractivity contribution is 0.126. The number of hydrogen-bond acceptors (Lipinski definition) is 3. The Bertz CT molecular complexity index is 657. The largest absolute Gasteiger partial charge is 0.375 e. The molecule has 0 unspecified atom stereocenters. The number of hydrogen-bond donors (Lipinski definition) is 1. The fourth-order valence-corrected chi connectivity index (χ4v) is 2.86. The highest BCUT2D eigenvalue weighted by atomic mass is 35.5. The Kier molecular flexibility index (Phi) is 5.76. The highest BCUT2D eigenvalue weighted by molar-refractivity contribution is 7.89. The fraction of sp³-hybridized carbons (Fsp3) is 0.200. The Labute approximate surface area is 129 Å². The van der Waals surface area contributed by atoms with Crippen molar-refractivity contribution < 1.29 is 13.2 Å². The first-order valence-corrected chi connectivity index (χ1v) is 8.31. The minimum Gasteiger partial charge on any atom is -0.375 e. The Balaban J connectivity index is 1.73. The zero-order chi connectivity index (χ0) is 15.1. The van der Waals surface area contributed by atoms with Crippen molar-refractivity contribution in [2.24, 2.45) is 0 Å². The van der Waals surface area contributed by atoms with Crippen LogP contribution >= 0.6 is 11.6 Å². The zero-order valence-corrected chi connectivity index (χ0v) is 12.9. The smallest absolute Gasteiger partial charge is 0.240 e. The van der Waals surface area contributed by atoms with Crippen LogP contribution in [0.25, 0.3) is 0 Å². The molecule has 1 N–H and O–H groups in total. The van der Waals surface area contributed by atoms with Gasteiger partial charge in [-0.2, -0.15) is 0 Å². The predicted octanol–water partition coefficient (Wildman–Crippen LogP) is 2.84. The maximum absolute atomic E-state index is 11.9. The molecule has 21 heavy (non-hydrogen) atoms. The number of sulfonamides is 1. The third-order valence-electron chi connectivity index (χ3n) is 2.77. The molecule has 0 amide bonds. The Morgan fingerprint density at radius 3 is 2.33 bits per heavy atom. The summed E-state index contributed by atoms with van der Waals surface area (Å²) >= 11 is 5.79. The fourth-order valence-electron chi connectivity index (χ4n) is 1.70. The molecule has 2 aromatic rings. The molecule has 6 heteroatoms. The van der Waals surface area contributed by atoms with Crippen molar-refractivity contribution in [2.45, 2.75) is 11.5 Å². The molecule has 4 nitrogen and oxygen atoms in total. The van der Waals surface area contributed by atoms with E-state index in [9.17, 15) is 8.42 Å². The average Bonchev–Trinajstić information content (AvgIpc) is 2.50. The van der Waals surface area contributed by atoms with E-state index in [2.05, 4.69) is 4.72 Å². The Hall–Kier alpha value is -1.40. The molecule has 0 heterocycles. The van der Waals surface area contributed by atoms with Crippen LogP contribution in [0.5, 0.6) is 0 Å². The molecule has 112 valence electrons. The summed E-state index contributed by atoms with van der Waals surface area (Å²) in [6.07, 6.45) is 0. The second-order valence-corrected chi connectivity index (χ2v) is 6.59. The second kappa shape index (κ2) is 7.56. The van der Waals surface area contributed by atoms with Crippen molar-refractivity contribution >= 4 is 21.6 Å². The molecular weight excluding hydrogens is 310 g/mol. The van der Waals surface area contributed by atoms with E-state index in [0.717, 1.165) is 5.56 Å². The van der Waals surface area contributed by atoms with Gasteiger partial charge in [-0.1, -0.05) is 41.9 Å². The van der Waals surface area contributed by atoms with Crippen LogP contribution in [0.1, 0.15) is 5.56 Å². The zero-order valence-electron chi connectivity index (χ0n) is 11.3. The van der Waals surface area contributed by atoms with Gasteiger partial charge < -0.3 is 4.74 Å². The van der Waals surface area contributed by atoms with Gasteiger partial charge in [0.2, 0.25) is 10.0 Å². The average molecular weight is 326 g/mol. The van der Waals surface area contributed by atoms with E-state index >= 15 is 0 Å². The standard InChI is InChI=1S/C15H16ClNO3S/c16-14-8-6-13(7-9-14)12-20-11-10-17-21(18,19)15-4-2-1-3-5-15/h1-9,17H,10-12H2. The minimum absolute atomic E-state index is 0.227. The van der Waals surface area contributed by atoms with Crippen LogP contribution in [0.15, 0.2) is 59.5 Å². The highest BCUT2D eigenvalue weighted by Crippen LogP contribution is 2.10. The van der Waals surface area contributed by atoms with Gasteiger partial charge in [0.05, 0.1) is 18.1 Å². The van der Waals surface area contributed by atoms with E-state index in [1.165, 1.54) is 0 Å². The maximum Gasteiger partial charge on any atom is 0.240 e. The highest BCUT2D eigenvalue weighted by Gasteiger charge is 2.11. The molecule has 0 saturated heterocycles. The van der Waals surface area contributed by atoms with Gasteiger partial charge in [0.15, 0.2) is 0 Å². The van der Waals surface area contributed by atoms with Gasteiger partial charge in [-0.15, -0.1) is 0 Å². The first-order chi connectivity index (χ1) is 10.1. The van der Waals surface area contributed by atoms with E-state index in [-0.39, 0.29) is 11.4 Å². The summed E-state index contributed by atoms with van der Waals surface area (Å²) in [6.45, 7) is 0.948. The van der Waals surface area contributed by atoms with E-state index in [4.69, 9.17) is 16.3 Å². The van der Waals surface area contributed by atoms with Gasteiger partial charge in [0.1, 0.15) is 0 Å². The Morgan fingerprint density at radius 2 is 1.67 bits per heavy atom. The maximum atomic E-state index is 11.9. The van der Waals surface area contributed by atoms with Crippen LogP contribution < -0.4 is 4.72 Å².